The van der Waals surface area contributed by atoms with Crippen LogP contribution in [0.2, 0.25) is 0 Å². The molecule has 0 saturated carbocycles. The molecule has 2 aliphatic heterocycles. The molecule has 10 atom stereocenters. The van der Waals surface area contributed by atoms with Crippen molar-refractivity contribution in [3.8, 4) is 45.8 Å². The van der Waals surface area contributed by atoms with Gasteiger partial charge >= 0.3 is 0 Å². The molecule has 0 spiro atoms. The third-order valence-corrected chi connectivity index (χ3v) is 7.46. The smallest absolute Gasteiger partial charge is 0.239 e. The van der Waals surface area contributed by atoms with Crippen LogP contribution in [0, 0.1) is 0 Å². The first kappa shape index (κ1) is 31.5. The molecule has 0 bridgehead atoms. The number of fused-ring (bicyclic) bond motifs is 1. The van der Waals surface area contributed by atoms with E-state index in [1.807, 2.05) is 0 Å². The highest BCUT2D eigenvalue weighted by atomic mass is 16.7. The number of hydrogen-bond donors (Lipinski definition) is 11. The van der Waals surface area contributed by atoms with E-state index in [9.17, 15) is 61.0 Å². The van der Waals surface area contributed by atoms with Crippen LogP contribution >= 0.6 is 0 Å². The minimum absolute atomic E-state index is 0.0346. The Hall–Kier alpha value is -3.91. The summed E-state index contributed by atoms with van der Waals surface area (Å²) in [6, 6.07) is 4.93. The predicted molar refractivity (Wildman–Crippen MR) is 142 cm³/mol. The topological polar surface area (TPSA) is 290 Å². The SMILES string of the molecule is CC1O[C@@H](OCC2O[C@@H](Oc3c(-c4ccc(O)cc4)oc4c(O)c(O)c(O)c(O)c4c3=O)C(O)C(O)[C@@H]2O)C(O)[C@@H](O)[C@H]1O. The Morgan fingerprint density at radius 1 is 0.705 bits per heavy atom. The zero-order chi connectivity index (χ0) is 32.2. The molecule has 3 aromatic rings. The second-order valence-electron chi connectivity index (χ2n) is 10.4. The number of aromatic hydroxyl groups is 5. The van der Waals surface area contributed by atoms with Crippen LogP contribution in [0.5, 0.6) is 34.5 Å². The van der Waals surface area contributed by atoms with Crippen LogP contribution in [0.1, 0.15) is 6.92 Å². The standard InChI is InChI=1S/C27H30O17/c1-7-12(29)16(33)21(38)26(41-7)40-6-10-13(30)17(34)22(39)27(42-10)44-25-15(32)11-14(31)18(35)19(36)20(37)24(11)43-23(25)8-2-4-9(28)5-3-8/h2-5,7,10,12-13,16-17,21-22,26-31,33-39H,6H2,1H3/t7?,10?,12-,13+,16-,17?,21?,22?,26+,27-/m0/s1. The van der Waals surface area contributed by atoms with Gasteiger partial charge in [0.25, 0.3) is 0 Å². The number of aliphatic hydroxyl groups is 6. The van der Waals surface area contributed by atoms with Crippen molar-refractivity contribution in [2.24, 2.45) is 0 Å². The third kappa shape index (κ3) is 5.34. The normalized spacial score (nSPS) is 32.5. The Kier molecular flexibility index (Phi) is 8.51. The summed E-state index contributed by atoms with van der Waals surface area (Å²) in [5.41, 5.74) is -1.98. The largest absolute Gasteiger partial charge is 0.508 e. The second kappa shape index (κ2) is 11.9. The molecule has 5 unspecified atom stereocenters. The summed E-state index contributed by atoms with van der Waals surface area (Å²) in [5, 5.41) is 111. The van der Waals surface area contributed by atoms with Crippen LogP contribution in [-0.4, -0.2) is 124 Å². The van der Waals surface area contributed by atoms with Gasteiger partial charge in [0.1, 0.15) is 53.9 Å². The Labute approximate surface area is 246 Å². The lowest BCUT2D eigenvalue weighted by molar-refractivity contribution is -0.318. The zero-order valence-electron chi connectivity index (χ0n) is 22.7. The van der Waals surface area contributed by atoms with Gasteiger partial charge in [-0.3, -0.25) is 4.79 Å². The van der Waals surface area contributed by atoms with Gasteiger partial charge in [0.2, 0.25) is 34.7 Å². The summed E-state index contributed by atoms with van der Waals surface area (Å²) in [6.45, 7) is 0.770. The van der Waals surface area contributed by atoms with Gasteiger partial charge in [0.05, 0.1) is 12.7 Å². The lowest BCUT2D eigenvalue weighted by atomic mass is 9.98. The van der Waals surface area contributed by atoms with Crippen molar-refractivity contribution in [3.05, 3.63) is 34.5 Å². The van der Waals surface area contributed by atoms with E-state index in [1.165, 1.54) is 31.2 Å². The average molecular weight is 627 g/mol. The van der Waals surface area contributed by atoms with Crippen LogP contribution in [0.15, 0.2) is 33.5 Å². The van der Waals surface area contributed by atoms with Gasteiger partial charge in [-0.25, -0.2) is 0 Å². The Balaban J connectivity index is 1.51. The van der Waals surface area contributed by atoms with Crippen molar-refractivity contribution < 1.29 is 79.5 Å². The molecule has 2 fully saturated rings. The van der Waals surface area contributed by atoms with E-state index >= 15 is 0 Å². The minimum Gasteiger partial charge on any atom is -0.508 e. The van der Waals surface area contributed by atoms with Crippen LogP contribution in [0.25, 0.3) is 22.3 Å². The highest BCUT2D eigenvalue weighted by Gasteiger charge is 2.48. The number of hydrogen-bond acceptors (Lipinski definition) is 17. The molecular weight excluding hydrogens is 596 g/mol. The fourth-order valence-corrected chi connectivity index (χ4v) is 4.87. The Morgan fingerprint density at radius 2 is 1.30 bits per heavy atom. The van der Waals surface area contributed by atoms with Crippen molar-refractivity contribution in [2.45, 2.75) is 68.3 Å². The van der Waals surface area contributed by atoms with Gasteiger partial charge in [0, 0.05) is 5.56 Å². The highest BCUT2D eigenvalue weighted by molar-refractivity contribution is 5.95. The Morgan fingerprint density at radius 3 is 1.95 bits per heavy atom. The summed E-state index contributed by atoms with van der Waals surface area (Å²) in [7, 11) is 0. The predicted octanol–water partition coefficient (Wildman–Crippen LogP) is -1.98. The maximum Gasteiger partial charge on any atom is 0.239 e. The summed E-state index contributed by atoms with van der Waals surface area (Å²) in [6.07, 6.45) is -16.5. The molecule has 11 N–H and O–H groups in total. The van der Waals surface area contributed by atoms with Gasteiger partial charge in [-0.15, -0.1) is 0 Å². The van der Waals surface area contributed by atoms with E-state index in [4.69, 9.17) is 23.4 Å². The van der Waals surface area contributed by atoms with Crippen molar-refractivity contribution >= 4 is 11.0 Å². The first-order chi connectivity index (χ1) is 20.7. The molecule has 2 aliphatic rings. The van der Waals surface area contributed by atoms with E-state index in [0.29, 0.717) is 0 Å². The minimum atomic E-state index is -2.02. The molecule has 44 heavy (non-hydrogen) atoms. The van der Waals surface area contributed by atoms with Crippen molar-refractivity contribution in [3.63, 3.8) is 0 Å². The summed E-state index contributed by atoms with van der Waals surface area (Å²) in [4.78, 5) is 13.6. The molecule has 2 aromatic carbocycles. The van der Waals surface area contributed by atoms with Crippen LogP contribution in [0.3, 0.4) is 0 Å². The maximum atomic E-state index is 13.6. The van der Waals surface area contributed by atoms with E-state index in [2.05, 4.69) is 0 Å². The summed E-state index contributed by atoms with van der Waals surface area (Å²) < 4.78 is 27.6. The van der Waals surface area contributed by atoms with E-state index in [1.54, 1.807) is 0 Å². The molecule has 0 radical (unpaired) electrons. The molecule has 3 heterocycles. The molecule has 17 heteroatoms. The van der Waals surface area contributed by atoms with Gasteiger partial charge in [-0.05, 0) is 31.2 Å². The number of ether oxygens (including phenoxy) is 4. The number of benzene rings is 2. The lowest BCUT2D eigenvalue weighted by Gasteiger charge is -2.42. The van der Waals surface area contributed by atoms with Crippen LogP contribution in [-0.2, 0) is 14.2 Å². The first-order valence-electron chi connectivity index (χ1n) is 13.2. The molecule has 17 nitrogen and oxygen atoms in total. The molecule has 0 aliphatic carbocycles. The average Bonchev–Trinajstić information content (AvgIpc) is 3.00. The van der Waals surface area contributed by atoms with Crippen LogP contribution in [0.4, 0.5) is 0 Å². The van der Waals surface area contributed by atoms with Crippen molar-refractivity contribution in [1.29, 1.82) is 0 Å². The van der Waals surface area contributed by atoms with Gasteiger partial charge < -0.3 is 79.5 Å². The molecule has 2 saturated heterocycles. The number of phenolic OH excluding ortho intramolecular Hbond substituents is 5. The van der Waals surface area contributed by atoms with Gasteiger partial charge in [-0.1, -0.05) is 0 Å². The first-order valence-corrected chi connectivity index (χ1v) is 13.2. The fourth-order valence-electron chi connectivity index (χ4n) is 4.87. The maximum absolute atomic E-state index is 13.6. The van der Waals surface area contributed by atoms with E-state index in [-0.39, 0.29) is 11.3 Å². The van der Waals surface area contributed by atoms with Crippen molar-refractivity contribution in [2.75, 3.05) is 6.61 Å². The molecule has 0 amide bonds. The summed E-state index contributed by atoms with van der Waals surface area (Å²) >= 11 is 0. The van der Waals surface area contributed by atoms with Crippen LogP contribution < -0.4 is 10.2 Å². The molecule has 1 aromatic heterocycles. The van der Waals surface area contributed by atoms with Gasteiger partial charge in [-0.2, -0.15) is 0 Å². The summed E-state index contributed by atoms with van der Waals surface area (Å²) in [5.74, 6) is -6.21. The quantitative estimate of drug-likeness (QED) is 0.104. The monoisotopic (exact) mass is 626 g/mol. The Bertz CT molecular complexity index is 1570. The second-order valence-corrected chi connectivity index (χ2v) is 10.4. The van der Waals surface area contributed by atoms with E-state index < -0.39 is 119 Å². The number of aliphatic hydroxyl groups excluding tert-OH is 6. The van der Waals surface area contributed by atoms with E-state index in [0.717, 1.165) is 0 Å². The highest BCUT2D eigenvalue weighted by Crippen LogP contribution is 2.49. The fraction of sp³-hybridized carbons (Fsp3) is 0.444. The zero-order valence-corrected chi connectivity index (χ0v) is 22.7. The molecule has 5 rings (SSSR count). The number of rotatable bonds is 6. The lowest BCUT2D eigenvalue weighted by Crippen LogP contribution is -2.61. The molecular formula is C27H30O17. The van der Waals surface area contributed by atoms with Crippen molar-refractivity contribution in [1.82, 2.24) is 0 Å². The number of phenols is 5. The molecule has 240 valence electrons. The third-order valence-electron chi connectivity index (χ3n) is 7.46. The van der Waals surface area contributed by atoms with Gasteiger partial charge in [0.15, 0.2) is 23.4 Å².